The van der Waals surface area contributed by atoms with Crippen molar-refractivity contribution in [2.75, 3.05) is 6.54 Å². The number of aromatic amines is 1. The van der Waals surface area contributed by atoms with Crippen LogP contribution in [0.1, 0.15) is 31.1 Å². The molecule has 6 nitrogen and oxygen atoms in total. The van der Waals surface area contributed by atoms with Gasteiger partial charge in [-0.1, -0.05) is 35.9 Å². The van der Waals surface area contributed by atoms with Gasteiger partial charge in [0, 0.05) is 29.2 Å². The molecule has 2 aromatic carbocycles. The van der Waals surface area contributed by atoms with Crippen molar-refractivity contribution in [3.05, 3.63) is 64.8 Å². The number of ether oxygens (including phenoxy) is 1. The molecule has 4 N–H and O–H groups in total. The zero-order valence-corrected chi connectivity index (χ0v) is 17.1. The molecule has 0 aliphatic heterocycles. The predicted octanol–water partition coefficient (Wildman–Crippen LogP) is 3.93. The number of fused-ring (bicyclic) bond motifs is 1. The summed E-state index contributed by atoms with van der Waals surface area (Å²) in [6.45, 7) is 3.97. The number of carboxylic acid groups (broad SMARTS) is 1. The van der Waals surface area contributed by atoms with Crippen molar-refractivity contribution in [2.24, 2.45) is 0 Å². The van der Waals surface area contributed by atoms with Crippen LogP contribution in [-0.2, 0) is 11.2 Å². The Morgan fingerprint density at radius 2 is 2.00 bits per heavy atom. The Balaban J connectivity index is 1.64. The summed E-state index contributed by atoms with van der Waals surface area (Å²) in [6, 6.07) is 12.9. The average molecular weight is 417 g/mol. The number of aromatic nitrogens is 1. The number of rotatable bonds is 9. The second-order valence-corrected chi connectivity index (χ2v) is 7.61. The number of aliphatic hydroxyl groups excluding tert-OH is 1. The van der Waals surface area contributed by atoms with Gasteiger partial charge in [-0.25, -0.2) is 4.79 Å². The lowest BCUT2D eigenvalue weighted by molar-refractivity contribution is -0.144. The van der Waals surface area contributed by atoms with E-state index in [0.29, 0.717) is 17.3 Å². The molecule has 1 heterocycles. The van der Waals surface area contributed by atoms with Gasteiger partial charge in [0.15, 0.2) is 6.10 Å². The molecule has 29 heavy (non-hydrogen) atoms. The lowest BCUT2D eigenvalue weighted by Gasteiger charge is -2.17. The van der Waals surface area contributed by atoms with E-state index in [1.807, 2.05) is 30.5 Å². The van der Waals surface area contributed by atoms with Gasteiger partial charge in [-0.05, 0) is 49.6 Å². The van der Waals surface area contributed by atoms with Crippen LogP contribution < -0.4 is 10.1 Å². The number of carbonyl (C=O) groups is 1. The third-order valence-corrected chi connectivity index (χ3v) is 5.07. The van der Waals surface area contributed by atoms with Crippen molar-refractivity contribution >= 4 is 28.5 Å². The van der Waals surface area contributed by atoms with Crippen LogP contribution >= 0.6 is 11.6 Å². The van der Waals surface area contributed by atoms with E-state index in [-0.39, 0.29) is 6.04 Å². The molecule has 0 saturated carbocycles. The van der Waals surface area contributed by atoms with Gasteiger partial charge >= 0.3 is 5.97 Å². The molecule has 0 bridgehead atoms. The predicted molar refractivity (Wildman–Crippen MR) is 114 cm³/mol. The monoisotopic (exact) mass is 416 g/mol. The first kappa shape index (κ1) is 21.2. The smallest absolute Gasteiger partial charge is 0.344 e. The van der Waals surface area contributed by atoms with Gasteiger partial charge in [0.25, 0.3) is 0 Å². The number of carboxylic acids is 1. The van der Waals surface area contributed by atoms with Gasteiger partial charge in [0.05, 0.1) is 11.6 Å². The standard InChI is InChI=1S/C22H25ClN2O4/c1-13(24-12-19(26)15-5-3-6-17(23)10-15)9-16-11-25-21-18(16)7-4-8-20(21)29-14(2)22(27)28/h3-8,10-11,13-14,19,24-26H,9,12H2,1-2H3,(H,27,28)/t13-,14+,19-/m1/s1. The Kier molecular flexibility index (Phi) is 6.79. The summed E-state index contributed by atoms with van der Waals surface area (Å²) < 4.78 is 5.55. The number of H-pyrrole nitrogens is 1. The molecule has 3 rings (SSSR count). The number of hydrogen-bond donors (Lipinski definition) is 4. The molecule has 3 atom stereocenters. The number of aliphatic hydroxyl groups is 1. The molecule has 0 radical (unpaired) electrons. The molecule has 154 valence electrons. The Hall–Kier alpha value is -2.54. The van der Waals surface area contributed by atoms with Gasteiger partial charge in [-0.3, -0.25) is 0 Å². The van der Waals surface area contributed by atoms with E-state index in [1.165, 1.54) is 6.92 Å². The summed E-state index contributed by atoms with van der Waals surface area (Å²) in [5.41, 5.74) is 2.64. The highest BCUT2D eigenvalue weighted by Crippen LogP contribution is 2.29. The number of hydrogen-bond acceptors (Lipinski definition) is 4. The maximum absolute atomic E-state index is 11.1. The first-order chi connectivity index (χ1) is 13.8. The number of halogens is 1. The first-order valence-corrected chi connectivity index (χ1v) is 9.88. The maximum atomic E-state index is 11.1. The van der Waals surface area contributed by atoms with E-state index in [0.717, 1.165) is 28.5 Å². The van der Waals surface area contributed by atoms with Crippen molar-refractivity contribution in [3.63, 3.8) is 0 Å². The summed E-state index contributed by atoms with van der Waals surface area (Å²) in [4.78, 5) is 14.3. The molecule has 7 heteroatoms. The van der Waals surface area contributed by atoms with E-state index >= 15 is 0 Å². The highest BCUT2D eigenvalue weighted by Gasteiger charge is 2.17. The third kappa shape index (κ3) is 5.29. The summed E-state index contributed by atoms with van der Waals surface area (Å²) >= 11 is 5.99. The van der Waals surface area contributed by atoms with Gasteiger partial charge in [-0.15, -0.1) is 0 Å². The SMILES string of the molecule is C[C@H](Cc1c[nH]c2c(O[C@@H](C)C(=O)O)cccc12)NC[C@@H](O)c1cccc(Cl)c1. The number of nitrogens with one attached hydrogen (secondary N) is 2. The minimum absolute atomic E-state index is 0.116. The second kappa shape index (κ2) is 9.31. The van der Waals surface area contributed by atoms with Gasteiger partial charge in [-0.2, -0.15) is 0 Å². The molecule has 0 unspecified atom stereocenters. The maximum Gasteiger partial charge on any atom is 0.344 e. The van der Waals surface area contributed by atoms with Gasteiger partial charge in [0.1, 0.15) is 5.75 Å². The zero-order valence-electron chi connectivity index (χ0n) is 16.4. The molecule has 0 amide bonds. The van der Waals surface area contributed by atoms with Crippen LogP contribution in [0.25, 0.3) is 10.9 Å². The Morgan fingerprint density at radius 3 is 2.72 bits per heavy atom. The molecule has 0 saturated heterocycles. The van der Waals surface area contributed by atoms with Crippen molar-refractivity contribution in [1.29, 1.82) is 0 Å². The Labute approximate surface area is 174 Å². The fourth-order valence-electron chi connectivity index (χ4n) is 3.24. The van der Waals surface area contributed by atoms with Crippen LogP contribution in [0, 0.1) is 0 Å². The molecular weight excluding hydrogens is 392 g/mol. The van der Waals surface area contributed by atoms with Crippen molar-refractivity contribution in [2.45, 2.75) is 38.5 Å². The van der Waals surface area contributed by atoms with E-state index in [9.17, 15) is 9.90 Å². The van der Waals surface area contributed by atoms with Crippen LogP contribution in [0.4, 0.5) is 0 Å². The van der Waals surface area contributed by atoms with Crippen LogP contribution in [0.3, 0.4) is 0 Å². The summed E-state index contributed by atoms with van der Waals surface area (Å²) in [5, 5.41) is 24.4. The van der Waals surface area contributed by atoms with Crippen LogP contribution in [0.5, 0.6) is 5.75 Å². The van der Waals surface area contributed by atoms with Crippen LogP contribution in [0.2, 0.25) is 5.02 Å². The van der Waals surface area contributed by atoms with Crippen LogP contribution in [-0.4, -0.2) is 39.9 Å². The summed E-state index contributed by atoms with van der Waals surface area (Å²) in [5.74, 6) is -0.495. The van der Waals surface area contributed by atoms with E-state index in [4.69, 9.17) is 21.4 Å². The molecule has 1 aromatic heterocycles. The Bertz CT molecular complexity index is 988. The lowest BCUT2D eigenvalue weighted by atomic mass is 10.0. The molecular formula is C22H25ClN2O4. The normalized spacial score (nSPS) is 14.5. The number of aliphatic carboxylic acids is 1. The zero-order chi connectivity index (χ0) is 21.0. The first-order valence-electron chi connectivity index (χ1n) is 9.50. The average Bonchev–Trinajstić information content (AvgIpc) is 3.10. The minimum atomic E-state index is -1.01. The fraction of sp³-hybridized carbons (Fsp3) is 0.318. The van der Waals surface area contributed by atoms with Crippen LogP contribution in [0.15, 0.2) is 48.7 Å². The van der Waals surface area contributed by atoms with Crippen molar-refractivity contribution < 1.29 is 19.7 Å². The van der Waals surface area contributed by atoms with Crippen molar-refractivity contribution in [1.82, 2.24) is 10.3 Å². The molecule has 0 aliphatic rings. The molecule has 0 fully saturated rings. The number of para-hydroxylation sites is 1. The van der Waals surface area contributed by atoms with Crippen molar-refractivity contribution in [3.8, 4) is 5.75 Å². The fourth-order valence-corrected chi connectivity index (χ4v) is 3.44. The topological polar surface area (TPSA) is 94.6 Å². The molecule has 0 spiro atoms. The summed E-state index contributed by atoms with van der Waals surface area (Å²) in [7, 11) is 0. The quantitative estimate of drug-likeness (QED) is 0.424. The largest absolute Gasteiger partial charge is 0.479 e. The highest BCUT2D eigenvalue weighted by molar-refractivity contribution is 6.30. The molecule has 0 aliphatic carbocycles. The van der Waals surface area contributed by atoms with Gasteiger partial charge < -0.3 is 25.3 Å². The third-order valence-electron chi connectivity index (χ3n) is 4.83. The summed E-state index contributed by atoms with van der Waals surface area (Å²) in [6.07, 6.45) is 1.08. The van der Waals surface area contributed by atoms with E-state index in [2.05, 4.69) is 17.2 Å². The lowest BCUT2D eigenvalue weighted by Crippen LogP contribution is -2.32. The second-order valence-electron chi connectivity index (χ2n) is 7.18. The highest BCUT2D eigenvalue weighted by atomic mass is 35.5. The van der Waals surface area contributed by atoms with Gasteiger partial charge in [0.2, 0.25) is 0 Å². The number of benzene rings is 2. The van der Waals surface area contributed by atoms with E-state index < -0.39 is 18.2 Å². The Morgan fingerprint density at radius 1 is 1.24 bits per heavy atom. The molecule has 3 aromatic rings. The van der Waals surface area contributed by atoms with E-state index in [1.54, 1.807) is 18.2 Å². The minimum Gasteiger partial charge on any atom is -0.479 e.